The number of benzene rings is 2. The molecule has 0 spiro atoms. The van der Waals surface area contributed by atoms with Gasteiger partial charge in [-0.2, -0.15) is 0 Å². The smallest absolute Gasteiger partial charge is 0.0412 e. The summed E-state index contributed by atoms with van der Waals surface area (Å²) in [7, 11) is 0. The highest BCUT2D eigenvalue weighted by Crippen LogP contribution is 2.30. The Morgan fingerprint density at radius 1 is 1.17 bits per heavy atom. The summed E-state index contributed by atoms with van der Waals surface area (Å²) in [6.45, 7) is 3.05. The van der Waals surface area contributed by atoms with Gasteiger partial charge in [0, 0.05) is 17.6 Å². The topological polar surface area (TPSA) is 12.0 Å². The number of hydrogen-bond donors (Lipinski definition) is 1. The maximum Gasteiger partial charge on any atom is 0.0412 e. The minimum Gasteiger partial charge on any atom is -0.306 e. The molecule has 0 aliphatic carbocycles. The van der Waals surface area contributed by atoms with Gasteiger partial charge in [0.25, 0.3) is 0 Å². The van der Waals surface area contributed by atoms with Crippen LogP contribution in [-0.2, 0) is 13.0 Å². The Bertz CT molecular complexity index is 563. The Morgan fingerprint density at radius 3 is 2.72 bits per heavy atom. The largest absolute Gasteiger partial charge is 0.306 e. The standard InChI is InChI=1S/C16H16ClN/c1-11-7-14(17)8-13-10-18-16(9-15(11)13)12-5-3-2-4-6-12/h2-8,16,18H,9-10H2,1H3. The van der Waals surface area contributed by atoms with Crippen LogP contribution < -0.4 is 5.32 Å². The highest BCUT2D eigenvalue weighted by atomic mass is 35.5. The Balaban J connectivity index is 1.94. The molecule has 1 heterocycles. The lowest BCUT2D eigenvalue weighted by atomic mass is 9.89. The van der Waals surface area contributed by atoms with Gasteiger partial charge < -0.3 is 5.32 Å². The Kier molecular flexibility index (Phi) is 3.11. The summed E-state index contributed by atoms with van der Waals surface area (Å²) in [6.07, 6.45) is 1.04. The Hall–Kier alpha value is -1.31. The van der Waals surface area contributed by atoms with E-state index in [1.807, 2.05) is 0 Å². The molecule has 0 saturated carbocycles. The molecule has 92 valence electrons. The molecule has 1 atom stereocenters. The molecule has 0 bridgehead atoms. The predicted octanol–water partition coefficient (Wildman–Crippen LogP) is 4.04. The second kappa shape index (κ2) is 4.75. The fraction of sp³-hybridized carbons (Fsp3) is 0.250. The van der Waals surface area contributed by atoms with E-state index in [9.17, 15) is 0 Å². The quantitative estimate of drug-likeness (QED) is 0.813. The van der Waals surface area contributed by atoms with E-state index in [2.05, 4.69) is 54.7 Å². The molecule has 1 unspecified atom stereocenters. The molecule has 0 amide bonds. The average molecular weight is 258 g/mol. The van der Waals surface area contributed by atoms with Crippen LogP contribution in [0.15, 0.2) is 42.5 Å². The van der Waals surface area contributed by atoms with Crippen molar-refractivity contribution in [3.8, 4) is 0 Å². The van der Waals surface area contributed by atoms with Crippen LogP contribution in [0.25, 0.3) is 0 Å². The van der Waals surface area contributed by atoms with Crippen LogP contribution in [0.5, 0.6) is 0 Å². The first kappa shape index (κ1) is 11.8. The maximum absolute atomic E-state index is 6.11. The van der Waals surface area contributed by atoms with Gasteiger partial charge in [-0.25, -0.2) is 0 Å². The number of aryl methyl sites for hydroxylation is 1. The second-order valence-electron chi connectivity index (χ2n) is 4.91. The van der Waals surface area contributed by atoms with Crippen molar-refractivity contribution in [2.75, 3.05) is 0 Å². The van der Waals surface area contributed by atoms with Crippen molar-refractivity contribution >= 4 is 11.6 Å². The van der Waals surface area contributed by atoms with E-state index in [-0.39, 0.29) is 0 Å². The number of rotatable bonds is 1. The molecule has 2 aromatic rings. The van der Waals surface area contributed by atoms with Crippen molar-refractivity contribution < 1.29 is 0 Å². The number of nitrogens with one attached hydrogen (secondary N) is 1. The van der Waals surface area contributed by atoms with Gasteiger partial charge in [0.1, 0.15) is 0 Å². The molecule has 0 fully saturated rings. The third-order valence-electron chi connectivity index (χ3n) is 3.68. The molecule has 1 aliphatic rings. The number of fused-ring (bicyclic) bond motifs is 1. The molecule has 0 saturated heterocycles. The first-order valence-corrected chi connectivity index (χ1v) is 6.68. The first-order chi connectivity index (χ1) is 8.74. The van der Waals surface area contributed by atoms with Gasteiger partial charge in [-0.05, 0) is 47.7 Å². The number of hydrogen-bond acceptors (Lipinski definition) is 1. The highest BCUT2D eigenvalue weighted by molar-refractivity contribution is 6.30. The van der Waals surface area contributed by atoms with E-state index in [1.165, 1.54) is 22.3 Å². The second-order valence-corrected chi connectivity index (χ2v) is 5.35. The van der Waals surface area contributed by atoms with Crippen LogP contribution in [0.3, 0.4) is 0 Å². The van der Waals surface area contributed by atoms with Crippen LogP contribution >= 0.6 is 11.6 Å². The van der Waals surface area contributed by atoms with Crippen LogP contribution in [0, 0.1) is 6.92 Å². The fourth-order valence-corrected chi connectivity index (χ4v) is 3.02. The summed E-state index contributed by atoms with van der Waals surface area (Å²) < 4.78 is 0. The fourth-order valence-electron chi connectivity index (χ4n) is 2.72. The third-order valence-corrected chi connectivity index (χ3v) is 3.90. The van der Waals surface area contributed by atoms with Crippen molar-refractivity contribution in [2.45, 2.75) is 25.9 Å². The molecule has 1 N–H and O–H groups in total. The molecule has 3 rings (SSSR count). The minimum absolute atomic E-state index is 0.415. The van der Waals surface area contributed by atoms with Crippen molar-refractivity contribution in [1.82, 2.24) is 5.32 Å². The summed E-state index contributed by atoms with van der Waals surface area (Å²) >= 11 is 6.11. The van der Waals surface area contributed by atoms with E-state index in [1.54, 1.807) is 0 Å². The predicted molar refractivity (Wildman–Crippen MR) is 75.9 cm³/mol. The van der Waals surface area contributed by atoms with Crippen LogP contribution in [0.2, 0.25) is 5.02 Å². The van der Waals surface area contributed by atoms with E-state index in [0.29, 0.717) is 6.04 Å². The number of halogens is 1. The monoisotopic (exact) mass is 257 g/mol. The van der Waals surface area contributed by atoms with Gasteiger partial charge in [0.2, 0.25) is 0 Å². The SMILES string of the molecule is Cc1cc(Cl)cc2c1CC(c1ccccc1)NC2. The molecular weight excluding hydrogens is 242 g/mol. The third kappa shape index (κ3) is 2.16. The van der Waals surface area contributed by atoms with Gasteiger partial charge in [0.15, 0.2) is 0 Å². The van der Waals surface area contributed by atoms with E-state index < -0.39 is 0 Å². The molecule has 2 aromatic carbocycles. The molecular formula is C16H16ClN. The normalized spacial score (nSPS) is 18.4. The van der Waals surface area contributed by atoms with Crippen LogP contribution in [-0.4, -0.2) is 0 Å². The molecule has 1 nitrogen and oxygen atoms in total. The lowest BCUT2D eigenvalue weighted by Crippen LogP contribution is -2.29. The summed E-state index contributed by atoms with van der Waals surface area (Å²) in [6, 6.07) is 15.2. The Labute approximate surface area is 113 Å². The first-order valence-electron chi connectivity index (χ1n) is 6.30. The zero-order valence-corrected chi connectivity index (χ0v) is 11.2. The summed E-state index contributed by atoms with van der Waals surface area (Å²) in [4.78, 5) is 0. The molecule has 0 aromatic heterocycles. The van der Waals surface area contributed by atoms with Gasteiger partial charge in [-0.3, -0.25) is 0 Å². The highest BCUT2D eigenvalue weighted by Gasteiger charge is 2.20. The summed E-state index contributed by atoms with van der Waals surface area (Å²) in [5, 5.41) is 4.43. The zero-order valence-electron chi connectivity index (χ0n) is 10.4. The maximum atomic E-state index is 6.11. The van der Waals surface area contributed by atoms with E-state index in [4.69, 9.17) is 11.6 Å². The van der Waals surface area contributed by atoms with Gasteiger partial charge in [0.05, 0.1) is 0 Å². The van der Waals surface area contributed by atoms with Crippen molar-refractivity contribution in [2.24, 2.45) is 0 Å². The van der Waals surface area contributed by atoms with Gasteiger partial charge in [-0.15, -0.1) is 0 Å². The zero-order chi connectivity index (χ0) is 12.5. The molecule has 2 heteroatoms. The average Bonchev–Trinajstić information content (AvgIpc) is 2.39. The molecule has 0 radical (unpaired) electrons. The Morgan fingerprint density at radius 2 is 1.94 bits per heavy atom. The summed E-state index contributed by atoms with van der Waals surface area (Å²) in [5.41, 5.74) is 5.46. The van der Waals surface area contributed by atoms with Crippen LogP contribution in [0.1, 0.15) is 28.3 Å². The van der Waals surface area contributed by atoms with E-state index in [0.717, 1.165) is 18.0 Å². The van der Waals surface area contributed by atoms with Gasteiger partial charge in [-0.1, -0.05) is 41.9 Å². The lowest BCUT2D eigenvalue weighted by Gasteiger charge is -2.28. The van der Waals surface area contributed by atoms with Crippen molar-refractivity contribution in [1.29, 1.82) is 0 Å². The summed E-state index contributed by atoms with van der Waals surface area (Å²) in [5.74, 6) is 0. The van der Waals surface area contributed by atoms with Crippen LogP contribution in [0.4, 0.5) is 0 Å². The molecule has 1 aliphatic heterocycles. The van der Waals surface area contributed by atoms with Gasteiger partial charge >= 0.3 is 0 Å². The lowest BCUT2D eigenvalue weighted by molar-refractivity contribution is 0.497. The van der Waals surface area contributed by atoms with Crippen molar-refractivity contribution in [3.63, 3.8) is 0 Å². The minimum atomic E-state index is 0.415. The molecule has 18 heavy (non-hydrogen) atoms. The van der Waals surface area contributed by atoms with Crippen molar-refractivity contribution in [3.05, 3.63) is 69.7 Å². The van der Waals surface area contributed by atoms with E-state index >= 15 is 0 Å².